The molecule has 2 heteroatoms. The highest BCUT2D eigenvalue weighted by atomic mass is 16.3. The largest absolute Gasteiger partial charge is 0.454 e. The summed E-state index contributed by atoms with van der Waals surface area (Å²) in [5.74, 6) is 0.692. The summed E-state index contributed by atoms with van der Waals surface area (Å²) in [5, 5.41) is 4.93. The van der Waals surface area contributed by atoms with Crippen LogP contribution in [0, 0.1) is 6.92 Å². The summed E-state index contributed by atoms with van der Waals surface area (Å²) in [6.45, 7) is 2.25. The van der Waals surface area contributed by atoms with Crippen LogP contribution in [0.3, 0.4) is 0 Å². The number of benzene rings is 4. The zero-order valence-electron chi connectivity index (χ0n) is 18.5. The van der Waals surface area contributed by atoms with Gasteiger partial charge in [0, 0.05) is 34.2 Å². The Hall–Kier alpha value is -3.52. The molecule has 7 rings (SSSR count). The lowest BCUT2D eigenvalue weighted by Crippen LogP contribution is -2.10. The van der Waals surface area contributed by atoms with E-state index < -0.39 is 0 Å². The third kappa shape index (κ3) is 2.30. The van der Waals surface area contributed by atoms with Crippen LogP contribution in [0.25, 0.3) is 54.9 Å². The van der Waals surface area contributed by atoms with Gasteiger partial charge in [-0.05, 0) is 54.5 Å². The predicted octanol–water partition coefficient (Wildman–Crippen LogP) is 8.47. The Kier molecular flexibility index (Phi) is 3.67. The van der Waals surface area contributed by atoms with Gasteiger partial charge in [0.15, 0.2) is 5.58 Å². The van der Waals surface area contributed by atoms with Crippen molar-refractivity contribution in [1.82, 2.24) is 4.57 Å². The van der Waals surface area contributed by atoms with Crippen molar-refractivity contribution in [1.29, 1.82) is 0 Å². The van der Waals surface area contributed by atoms with Gasteiger partial charge >= 0.3 is 0 Å². The van der Waals surface area contributed by atoms with Crippen molar-refractivity contribution in [2.75, 3.05) is 0 Å². The average Bonchev–Trinajstić information content (AvgIpc) is 3.29. The summed E-state index contributed by atoms with van der Waals surface area (Å²) < 4.78 is 8.79. The molecule has 0 bridgehead atoms. The molecule has 1 saturated carbocycles. The summed E-state index contributed by atoms with van der Waals surface area (Å²) >= 11 is 0. The molecule has 4 aromatic carbocycles. The van der Waals surface area contributed by atoms with E-state index in [1.54, 1.807) is 0 Å². The number of furan rings is 1. The van der Waals surface area contributed by atoms with Crippen molar-refractivity contribution in [3.8, 4) is 11.1 Å². The number of aryl methyl sites for hydroxylation is 2. The van der Waals surface area contributed by atoms with Gasteiger partial charge in [0.25, 0.3) is 0 Å². The van der Waals surface area contributed by atoms with Crippen LogP contribution in [0.1, 0.15) is 36.3 Å². The molecule has 1 fully saturated rings. The number of hydrogen-bond donors (Lipinski definition) is 0. The van der Waals surface area contributed by atoms with Crippen LogP contribution in [0.5, 0.6) is 0 Å². The highest BCUT2D eigenvalue weighted by Crippen LogP contribution is 2.46. The van der Waals surface area contributed by atoms with Gasteiger partial charge in [0.1, 0.15) is 5.58 Å². The van der Waals surface area contributed by atoms with Gasteiger partial charge in [0.05, 0.1) is 11.0 Å². The molecule has 0 saturated heterocycles. The lowest BCUT2D eigenvalue weighted by molar-refractivity contribution is 0.420. The standard InChI is InChI=1S/C30H25NO/c1-18-14-15-23-24-16-17-25-21-11-5-6-13-26(21)32-30(25)29(24)31(2)28(23)27(18)22-12-4-3-10-20(22)19-8-7-9-19/h3-6,10-17,19H,7-9H2,1-2H3. The normalized spacial score (nSPS) is 14.7. The average molecular weight is 416 g/mol. The number of fused-ring (bicyclic) bond motifs is 7. The summed E-state index contributed by atoms with van der Waals surface area (Å²) in [6.07, 6.45) is 3.96. The Morgan fingerprint density at radius 3 is 2.31 bits per heavy atom. The smallest absolute Gasteiger partial charge is 0.159 e. The lowest BCUT2D eigenvalue weighted by Gasteiger charge is -2.28. The fraction of sp³-hybridized carbons (Fsp3) is 0.200. The summed E-state index contributed by atoms with van der Waals surface area (Å²) in [5.41, 5.74) is 10.0. The van der Waals surface area contributed by atoms with E-state index in [1.807, 2.05) is 6.07 Å². The van der Waals surface area contributed by atoms with Crippen LogP contribution >= 0.6 is 0 Å². The highest BCUT2D eigenvalue weighted by Gasteiger charge is 2.25. The van der Waals surface area contributed by atoms with Gasteiger partial charge in [-0.2, -0.15) is 0 Å². The summed E-state index contributed by atoms with van der Waals surface area (Å²) in [7, 11) is 2.20. The predicted molar refractivity (Wildman–Crippen MR) is 134 cm³/mol. The fourth-order valence-corrected chi connectivity index (χ4v) is 5.83. The molecule has 0 atom stereocenters. The van der Waals surface area contributed by atoms with E-state index in [0.29, 0.717) is 5.92 Å². The molecule has 0 aliphatic heterocycles. The van der Waals surface area contributed by atoms with Crippen molar-refractivity contribution < 1.29 is 4.42 Å². The van der Waals surface area contributed by atoms with Gasteiger partial charge in [-0.3, -0.25) is 0 Å². The third-order valence-corrected chi connectivity index (χ3v) is 7.64. The maximum atomic E-state index is 6.42. The molecular formula is C30H25NO. The van der Waals surface area contributed by atoms with E-state index in [-0.39, 0.29) is 0 Å². The Bertz CT molecular complexity index is 1680. The molecule has 156 valence electrons. The van der Waals surface area contributed by atoms with Gasteiger partial charge in [-0.15, -0.1) is 0 Å². The Morgan fingerprint density at radius 2 is 1.47 bits per heavy atom. The molecule has 2 nitrogen and oxygen atoms in total. The van der Waals surface area contributed by atoms with Crippen LogP contribution in [0.4, 0.5) is 0 Å². The number of hydrogen-bond acceptors (Lipinski definition) is 1. The second-order valence-corrected chi connectivity index (χ2v) is 9.36. The molecule has 6 aromatic rings. The number of nitrogens with zero attached hydrogens (tertiary/aromatic N) is 1. The van der Waals surface area contributed by atoms with Crippen LogP contribution in [-0.4, -0.2) is 4.57 Å². The molecule has 0 spiro atoms. The fourth-order valence-electron chi connectivity index (χ4n) is 5.83. The Labute approximate surface area is 187 Å². The van der Waals surface area contributed by atoms with E-state index in [9.17, 15) is 0 Å². The highest BCUT2D eigenvalue weighted by molar-refractivity contribution is 6.22. The number of para-hydroxylation sites is 1. The van der Waals surface area contributed by atoms with Crippen molar-refractivity contribution in [2.24, 2.45) is 7.05 Å². The van der Waals surface area contributed by atoms with E-state index >= 15 is 0 Å². The molecule has 32 heavy (non-hydrogen) atoms. The minimum Gasteiger partial charge on any atom is -0.454 e. The monoisotopic (exact) mass is 415 g/mol. The summed E-state index contributed by atoms with van der Waals surface area (Å²) in [4.78, 5) is 0. The van der Waals surface area contributed by atoms with Crippen LogP contribution < -0.4 is 0 Å². The van der Waals surface area contributed by atoms with E-state index in [0.717, 1.165) is 11.2 Å². The second kappa shape index (κ2) is 6.49. The van der Waals surface area contributed by atoms with Gasteiger partial charge < -0.3 is 8.98 Å². The minimum absolute atomic E-state index is 0.692. The SMILES string of the molecule is Cc1ccc2c3ccc4c5ccccc5oc4c3n(C)c2c1-c1ccccc1C1CCC1. The molecule has 0 radical (unpaired) electrons. The van der Waals surface area contributed by atoms with Crippen molar-refractivity contribution in [3.63, 3.8) is 0 Å². The molecule has 0 amide bonds. The Morgan fingerprint density at radius 1 is 0.750 bits per heavy atom. The minimum atomic E-state index is 0.692. The van der Waals surface area contributed by atoms with E-state index in [4.69, 9.17) is 4.42 Å². The lowest BCUT2D eigenvalue weighted by atomic mass is 9.76. The number of rotatable bonds is 2. The van der Waals surface area contributed by atoms with Crippen molar-refractivity contribution in [3.05, 3.63) is 83.9 Å². The molecular weight excluding hydrogens is 390 g/mol. The molecule has 1 aliphatic rings. The number of aromatic nitrogens is 1. The van der Waals surface area contributed by atoms with Gasteiger partial charge in [0.2, 0.25) is 0 Å². The maximum Gasteiger partial charge on any atom is 0.159 e. The van der Waals surface area contributed by atoms with E-state index in [2.05, 4.69) is 85.3 Å². The molecule has 0 unspecified atom stereocenters. The first-order chi connectivity index (χ1) is 15.7. The first-order valence-electron chi connectivity index (χ1n) is 11.6. The van der Waals surface area contributed by atoms with Crippen molar-refractivity contribution >= 4 is 43.7 Å². The van der Waals surface area contributed by atoms with Crippen LogP contribution in [-0.2, 0) is 7.05 Å². The van der Waals surface area contributed by atoms with E-state index in [1.165, 1.54) is 74.1 Å². The molecule has 1 aliphatic carbocycles. The quantitative estimate of drug-likeness (QED) is 0.277. The van der Waals surface area contributed by atoms with Gasteiger partial charge in [-0.25, -0.2) is 0 Å². The Balaban J connectivity index is 1.63. The van der Waals surface area contributed by atoms with Crippen LogP contribution in [0.2, 0.25) is 0 Å². The third-order valence-electron chi connectivity index (χ3n) is 7.64. The van der Waals surface area contributed by atoms with Gasteiger partial charge in [-0.1, -0.05) is 67.1 Å². The zero-order chi connectivity index (χ0) is 21.4. The molecule has 0 N–H and O–H groups in total. The van der Waals surface area contributed by atoms with Crippen LogP contribution in [0.15, 0.2) is 77.2 Å². The first-order valence-corrected chi connectivity index (χ1v) is 11.6. The van der Waals surface area contributed by atoms with Crippen molar-refractivity contribution in [2.45, 2.75) is 32.1 Å². The molecule has 2 heterocycles. The zero-order valence-corrected chi connectivity index (χ0v) is 18.5. The topological polar surface area (TPSA) is 18.1 Å². The molecule has 2 aromatic heterocycles. The first kappa shape index (κ1) is 18.1. The maximum absolute atomic E-state index is 6.42. The second-order valence-electron chi connectivity index (χ2n) is 9.36. The summed E-state index contributed by atoms with van der Waals surface area (Å²) in [6, 6.07) is 26.5.